The van der Waals surface area contributed by atoms with E-state index in [1.807, 2.05) is 32.0 Å². The predicted octanol–water partition coefficient (Wildman–Crippen LogP) is 3.67. The molecule has 0 aromatic heterocycles. The van der Waals surface area contributed by atoms with Gasteiger partial charge in [-0.15, -0.1) is 0 Å². The molecule has 3 rings (SSSR count). The smallest absolute Gasteiger partial charge is 0.254 e. The highest BCUT2D eigenvalue weighted by Gasteiger charge is 2.38. The van der Waals surface area contributed by atoms with Gasteiger partial charge in [0.2, 0.25) is 9.84 Å². The van der Waals surface area contributed by atoms with Crippen LogP contribution in [0.2, 0.25) is 0 Å². The van der Waals surface area contributed by atoms with Gasteiger partial charge in [0, 0.05) is 5.56 Å². The van der Waals surface area contributed by atoms with Crippen molar-refractivity contribution in [3.05, 3.63) is 76.7 Å². The van der Waals surface area contributed by atoms with Crippen LogP contribution >= 0.6 is 0 Å². The van der Waals surface area contributed by atoms with Gasteiger partial charge >= 0.3 is 0 Å². The van der Waals surface area contributed by atoms with E-state index in [1.54, 1.807) is 47.4 Å². The zero-order valence-corrected chi connectivity index (χ0v) is 15.2. The molecule has 0 bridgehead atoms. The highest BCUT2D eigenvalue weighted by molar-refractivity contribution is 7.95. The Morgan fingerprint density at radius 3 is 2.16 bits per heavy atom. The fourth-order valence-corrected chi connectivity index (χ4v) is 5.07. The summed E-state index contributed by atoms with van der Waals surface area (Å²) in [4.78, 5) is 15.1. The lowest BCUT2D eigenvalue weighted by Gasteiger charge is -2.23. The van der Waals surface area contributed by atoms with Crippen molar-refractivity contribution >= 4 is 15.7 Å². The average molecular weight is 355 g/mol. The summed E-state index contributed by atoms with van der Waals surface area (Å²) in [7, 11) is -3.60. The summed E-state index contributed by atoms with van der Waals surface area (Å²) in [5.74, 6) is -0.141. The van der Waals surface area contributed by atoms with E-state index in [2.05, 4.69) is 0 Å². The fraction of sp³-hybridized carbons (Fsp3) is 0.250. The Balaban J connectivity index is 1.98. The van der Waals surface area contributed by atoms with E-state index >= 15 is 0 Å². The van der Waals surface area contributed by atoms with Crippen molar-refractivity contribution in [3.63, 3.8) is 0 Å². The van der Waals surface area contributed by atoms with Gasteiger partial charge in [-0.2, -0.15) is 0 Å². The largest absolute Gasteiger partial charge is 0.327 e. The third-order valence-electron chi connectivity index (χ3n) is 4.68. The van der Waals surface area contributed by atoms with Gasteiger partial charge in [0.15, 0.2) is 0 Å². The molecule has 130 valence electrons. The molecule has 1 atom stereocenters. The highest BCUT2D eigenvalue weighted by atomic mass is 32.2. The summed E-state index contributed by atoms with van der Waals surface area (Å²) in [6, 6.07) is 17.2. The Morgan fingerprint density at radius 2 is 1.60 bits per heavy atom. The number of sulfone groups is 1. The molecule has 0 aliphatic carbocycles. The van der Waals surface area contributed by atoms with Crippen LogP contribution in [0.5, 0.6) is 0 Å². The third-order valence-corrected chi connectivity index (χ3v) is 6.62. The van der Waals surface area contributed by atoms with Gasteiger partial charge in [-0.25, -0.2) is 8.42 Å². The van der Waals surface area contributed by atoms with E-state index < -0.39 is 9.84 Å². The quantitative estimate of drug-likeness (QED) is 0.841. The summed E-state index contributed by atoms with van der Waals surface area (Å²) in [6.07, 6.45) is 0.598. The molecule has 1 aliphatic heterocycles. The maximum atomic E-state index is 13.1. The van der Waals surface area contributed by atoms with E-state index in [9.17, 15) is 13.2 Å². The van der Waals surface area contributed by atoms with E-state index in [4.69, 9.17) is 0 Å². The lowest BCUT2D eigenvalue weighted by molar-refractivity contribution is 0.0753. The maximum Gasteiger partial charge on any atom is 0.254 e. The normalized spacial score (nSPS) is 17.8. The number of hydrogen-bond donors (Lipinski definition) is 0. The number of rotatable bonds is 4. The molecule has 0 radical (unpaired) electrons. The Hall–Kier alpha value is -2.40. The molecule has 0 saturated heterocycles. The van der Waals surface area contributed by atoms with Crippen molar-refractivity contribution in [1.82, 2.24) is 4.90 Å². The number of carbonyl (C=O) groups excluding carboxylic acids is 1. The van der Waals surface area contributed by atoms with E-state index in [1.165, 1.54) is 0 Å². The molecule has 0 N–H and O–H groups in total. The molecule has 0 fully saturated rings. The van der Waals surface area contributed by atoms with Crippen LogP contribution < -0.4 is 0 Å². The molecular weight excluding hydrogens is 334 g/mol. The van der Waals surface area contributed by atoms with Crippen molar-refractivity contribution in [2.24, 2.45) is 0 Å². The molecule has 0 spiro atoms. The Morgan fingerprint density at radius 1 is 1.04 bits per heavy atom. The van der Waals surface area contributed by atoms with E-state index in [-0.39, 0.29) is 23.4 Å². The van der Waals surface area contributed by atoms with Gasteiger partial charge in [0.1, 0.15) is 0 Å². The number of hydrogen-bond acceptors (Lipinski definition) is 3. The molecule has 0 saturated carbocycles. The molecule has 5 heteroatoms. The standard InChI is InChI=1S/C20H21NO3S/c1-3-18-15(2)21(20(22)16-10-6-4-7-11-16)14-19(18)25(23,24)17-12-8-5-9-13-17/h4-13,15H,3,14H2,1-2H3. The first kappa shape index (κ1) is 17.4. The average Bonchev–Trinajstić information content (AvgIpc) is 2.99. The predicted molar refractivity (Wildman–Crippen MR) is 97.9 cm³/mol. The fourth-order valence-electron chi connectivity index (χ4n) is 3.30. The summed E-state index contributed by atoms with van der Waals surface area (Å²) >= 11 is 0. The van der Waals surface area contributed by atoms with Crippen molar-refractivity contribution in [2.75, 3.05) is 6.54 Å². The van der Waals surface area contributed by atoms with Gasteiger partial charge in [-0.05, 0) is 43.2 Å². The van der Waals surface area contributed by atoms with Crippen LogP contribution in [0.4, 0.5) is 0 Å². The minimum absolute atomic E-state index is 0.120. The van der Waals surface area contributed by atoms with Crippen molar-refractivity contribution in [2.45, 2.75) is 31.2 Å². The SMILES string of the molecule is CCC1=C(S(=O)(=O)c2ccccc2)CN(C(=O)c2ccccc2)C1C. The van der Waals surface area contributed by atoms with Crippen molar-refractivity contribution in [3.8, 4) is 0 Å². The monoisotopic (exact) mass is 355 g/mol. The van der Waals surface area contributed by atoms with Gasteiger partial charge in [-0.3, -0.25) is 4.79 Å². The Labute approximate surface area is 148 Å². The topological polar surface area (TPSA) is 54.5 Å². The van der Waals surface area contributed by atoms with Crippen LogP contribution in [-0.2, 0) is 9.84 Å². The van der Waals surface area contributed by atoms with Gasteiger partial charge < -0.3 is 4.90 Å². The molecule has 2 aromatic carbocycles. The van der Waals surface area contributed by atoms with Crippen molar-refractivity contribution in [1.29, 1.82) is 0 Å². The Kier molecular flexibility index (Phi) is 4.77. The highest BCUT2D eigenvalue weighted by Crippen LogP contribution is 2.34. The molecule has 2 aromatic rings. The lowest BCUT2D eigenvalue weighted by atomic mass is 10.1. The summed E-state index contributed by atoms with van der Waals surface area (Å²) in [5.41, 5.74) is 1.39. The van der Waals surface area contributed by atoms with Crippen LogP contribution in [0, 0.1) is 0 Å². The van der Waals surface area contributed by atoms with Crippen molar-refractivity contribution < 1.29 is 13.2 Å². The second-order valence-corrected chi connectivity index (χ2v) is 8.06. The summed E-state index contributed by atoms with van der Waals surface area (Å²) in [6.45, 7) is 3.95. The van der Waals surface area contributed by atoms with E-state index in [0.717, 1.165) is 5.57 Å². The number of benzene rings is 2. The summed E-state index contributed by atoms with van der Waals surface area (Å²) < 4.78 is 26.1. The van der Waals surface area contributed by atoms with Crippen LogP contribution in [0.15, 0.2) is 76.0 Å². The Bertz CT molecular complexity index is 902. The molecular formula is C20H21NO3S. The summed E-state index contributed by atoms with van der Waals surface area (Å²) in [5, 5.41) is 0. The molecule has 1 unspecified atom stereocenters. The maximum absolute atomic E-state index is 13.1. The first-order valence-electron chi connectivity index (χ1n) is 8.35. The molecule has 1 aliphatic rings. The molecule has 4 nitrogen and oxygen atoms in total. The minimum Gasteiger partial charge on any atom is -0.327 e. The molecule has 1 heterocycles. The first-order valence-corrected chi connectivity index (χ1v) is 9.83. The van der Waals surface area contributed by atoms with Crippen LogP contribution in [0.3, 0.4) is 0 Å². The van der Waals surface area contributed by atoms with Gasteiger partial charge in [0.25, 0.3) is 5.91 Å². The van der Waals surface area contributed by atoms with Crippen LogP contribution in [-0.4, -0.2) is 31.8 Å². The zero-order valence-electron chi connectivity index (χ0n) is 14.3. The number of nitrogens with zero attached hydrogens (tertiary/aromatic N) is 1. The number of amides is 1. The first-order chi connectivity index (χ1) is 12.0. The molecule has 1 amide bonds. The minimum atomic E-state index is -3.60. The van der Waals surface area contributed by atoms with Gasteiger partial charge in [0.05, 0.1) is 22.4 Å². The van der Waals surface area contributed by atoms with Crippen LogP contribution in [0.1, 0.15) is 30.6 Å². The number of carbonyl (C=O) groups is 1. The van der Waals surface area contributed by atoms with Crippen LogP contribution in [0.25, 0.3) is 0 Å². The molecule has 25 heavy (non-hydrogen) atoms. The van der Waals surface area contributed by atoms with Gasteiger partial charge in [-0.1, -0.05) is 43.3 Å². The second kappa shape index (κ2) is 6.84. The third kappa shape index (κ3) is 3.12. The lowest BCUT2D eigenvalue weighted by Crippen LogP contribution is -2.36. The van der Waals surface area contributed by atoms with E-state index in [0.29, 0.717) is 16.9 Å². The zero-order chi connectivity index (χ0) is 18.0. The second-order valence-electron chi connectivity index (χ2n) is 6.09.